The van der Waals surface area contributed by atoms with Crippen molar-refractivity contribution in [2.75, 3.05) is 13.7 Å². The molecule has 28 heavy (non-hydrogen) atoms. The van der Waals surface area contributed by atoms with E-state index in [4.69, 9.17) is 4.74 Å². The van der Waals surface area contributed by atoms with Crippen LogP contribution < -0.4 is 5.32 Å². The number of carbonyl (C=O) groups is 4. The molecular formula is C20H21N3O5. The summed E-state index contributed by atoms with van der Waals surface area (Å²) in [6.07, 6.45) is 0.350. The van der Waals surface area contributed by atoms with E-state index >= 15 is 0 Å². The first-order valence-electron chi connectivity index (χ1n) is 8.80. The zero-order valence-corrected chi connectivity index (χ0v) is 15.9. The Balaban J connectivity index is 1.75. The molecule has 1 aliphatic heterocycles. The molecule has 2 N–H and O–H groups in total. The molecular weight excluding hydrogens is 362 g/mol. The number of benzene rings is 1. The number of imide groups is 1. The number of ether oxygens (including phenoxy) is 1. The largest absolute Gasteiger partial charge is 0.465 e. The van der Waals surface area contributed by atoms with Gasteiger partial charge >= 0.3 is 12.0 Å². The highest BCUT2D eigenvalue weighted by Crippen LogP contribution is 2.20. The fourth-order valence-electron chi connectivity index (χ4n) is 3.37. The number of esters is 1. The molecule has 1 aromatic heterocycles. The Labute approximate surface area is 161 Å². The van der Waals surface area contributed by atoms with Gasteiger partial charge in [-0.25, -0.2) is 9.59 Å². The molecule has 146 valence electrons. The number of aromatic amines is 1. The monoisotopic (exact) mass is 383 g/mol. The van der Waals surface area contributed by atoms with Crippen LogP contribution in [0.3, 0.4) is 0 Å². The number of Topliss-reactive ketones (excluding diaryl/α,β-unsaturated/α-hetero) is 1. The SMILES string of the molecule is COC(=O)c1c(C)[nH]c(C(=O)CN2C(=O)NC(Cc3ccccc3)C2=O)c1C. The van der Waals surface area contributed by atoms with Crippen molar-refractivity contribution >= 4 is 23.7 Å². The number of nitrogens with zero attached hydrogens (tertiary/aromatic N) is 1. The maximum absolute atomic E-state index is 12.7. The summed E-state index contributed by atoms with van der Waals surface area (Å²) in [5.41, 5.74) is 2.30. The van der Waals surface area contributed by atoms with Crippen LogP contribution in [0.25, 0.3) is 0 Å². The van der Waals surface area contributed by atoms with Gasteiger partial charge in [-0.1, -0.05) is 30.3 Å². The maximum atomic E-state index is 12.7. The van der Waals surface area contributed by atoms with Crippen molar-refractivity contribution in [3.63, 3.8) is 0 Å². The fourth-order valence-corrected chi connectivity index (χ4v) is 3.37. The van der Waals surface area contributed by atoms with E-state index in [1.807, 2.05) is 30.3 Å². The fraction of sp³-hybridized carbons (Fsp3) is 0.300. The number of methoxy groups -OCH3 is 1. The minimum Gasteiger partial charge on any atom is -0.465 e. The molecule has 8 heteroatoms. The van der Waals surface area contributed by atoms with Crippen LogP contribution in [0.15, 0.2) is 30.3 Å². The van der Waals surface area contributed by atoms with E-state index in [2.05, 4.69) is 10.3 Å². The van der Waals surface area contributed by atoms with Gasteiger partial charge in [0.2, 0.25) is 0 Å². The number of nitrogens with one attached hydrogen (secondary N) is 2. The molecule has 8 nitrogen and oxygen atoms in total. The molecule has 1 atom stereocenters. The third kappa shape index (κ3) is 3.53. The Hall–Kier alpha value is -3.42. The number of aromatic nitrogens is 1. The van der Waals surface area contributed by atoms with Gasteiger partial charge in [0.1, 0.15) is 6.04 Å². The van der Waals surface area contributed by atoms with Gasteiger partial charge in [-0.05, 0) is 25.0 Å². The Bertz CT molecular complexity index is 948. The minimum absolute atomic E-state index is 0.185. The quantitative estimate of drug-likeness (QED) is 0.449. The van der Waals surface area contributed by atoms with Crippen LogP contribution in [0, 0.1) is 13.8 Å². The molecule has 0 aliphatic carbocycles. The maximum Gasteiger partial charge on any atom is 0.339 e. The van der Waals surface area contributed by atoms with Crippen LogP contribution in [0.5, 0.6) is 0 Å². The van der Waals surface area contributed by atoms with Crippen molar-refractivity contribution in [1.29, 1.82) is 0 Å². The van der Waals surface area contributed by atoms with Crippen LogP contribution in [0.1, 0.15) is 37.7 Å². The summed E-state index contributed by atoms with van der Waals surface area (Å²) >= 11 is 0. The summed E-state index contributed by atoms with van der Waals surface area (Å²) in [4.78, 5) is 53.2. The number of rotatable bonds is 6. The Morgan fingerprint density at radius 3 is 2.46 bits per heavy atom. The van der Waals surface area contributed by atoms with Crippen LogP contribution in [0.2, 0.25) is 0 Å². The van der Waals surface area contributed by atoms with E-state index < -0.39 is 36.3 Å². The molecule has 2 aromatic rings. The summed E-state index contributed by atoms with van der Waals surface area (Å²) in [6, 6.07) is 8.00. The predicted octanol–water partition coefficient (Wildman–Crippen LogP) is 1.76. The average Bonchev–Trinajstić information content (AvgIpc) is 3.12. The molecule has 0 radical (unpaired) electrons. The van der Waals surface area contributed by atoms with E-state index in [-0.39, 0.29) is 11.3 Å². The smallest absolute Gasteiger partial charge is 0.339 e. The van der Waals surface area contributed by atoms with Gasteiger partial charge in [-0.3, -0.25) is 14.5 Å². The van der Waals surface area contributed by atoms with Gasteiger partial charge in [0.05, 0.1) is 24.9 Å². The van der Waals surface area contributed by atoms with Gasteiger partial charge in [0.25, 0.3) is 5.91 Å². The third-order valence-corrected chi connectivity index (χ3v) is 4.80. The molecule has 1 fully saturated rings. The molecule has 1 aliphatic rings. The first-order chi connectivity index (χ1) is 13.3. The first-order valence-corrected chi connectivity index (χ1v) is 8.80. The molecule has 1 saturated heterocycles. The number of hydrogen-bond acceptors (Lipinski definition) is 5. The van der Waals surface area contributed by atoms with E-state index in [0.29, 0.717) is 17.7 Å². The zero-order valence-electron chi connectivity index (χ0n) is 15.9. The summed E-state index contributed by atoms with van der Waals surface area (Å²) in [6.45, 7) is 2.87. The van der Waals surface area contributed by atoms with Crippen LogP contribution >= 0.6 is 0 Å². The molecule has 1 aromatic carbocycles. The molecule has 1 unspecified atom stereocenters. The van der Waals surface area contributed by atoms with Crippen LogP contribution in [-0.4, -0.2) is 53.3 Å². The van der Waals surface area contributed by atoms with Crippen molar-refractivity contribution in [1.82, 2.24) is 15.2 Å². The van der Waals surface area contributed by atoms with Crippen molar-refractivity contribution in [2.45, 2.75) is 26.3 Å². The van der Waals surface area contributed by atoms with Gasteiger partial charge in [0.15, 0.2) is 5.78 Å². The second-order valence-electron chi connectivity index (χ2n) is 6.66. The lowest BCUT2D eigenvalue weighted by Gasteiger charge is -2.12. The van der Waals surface area contributed by atoms with Gasteiger partial charge < -0.3 is 15.0 Å². The second kappa shape index (κ2) is 7.67. The second-order valence-corrected chi connectivity index (χ2v) is 6.66. The van der Waals surface area contributed by atoms with Crippen molar-refractivity contribution in [2.24, 2.45) is 0 Å². The van der Waals surface area contributed by atoms with E-state index in [1.54, 1.807) is 13.8 Å². The van der Waals surface area contributed by atoms with E-state index in [1.165, 1.54) is 7.11 Å². The lowest BCUT2D eigenvalue weighted by Crippen LogP contribution is -2.36. The lowest BCUT2D eigenvalue weighted by molar-refractivity contribution is -0.127. The molecule has 3 rings (SSSR count). The summed E-state index contributed by atoms with van der Waals surface area (Å²) in [7, 11) is 1.26. The minimum atomic E-state index is -0.709. The van der Waals surface area contributed by atoms with Crippen LogP contribution in [-0.2, 0) is 16.0 Å². The summed E-state index contributed by atoms with van der Waals surface area (Å²) in [5, 5.41) is 2.62. The van der Waals surface area contributed by atoms with Crippen molar-refractivity contribution < 1.29 is 23.9 Å². The number of urea groups is 1. The predicted molar refractivity (Wildman–Crippen MR) is 100 cm³/mol. The van der Waals surface area contributed by atoms with E-state index in [9.17, 15) is 19.2 Å². The van der Waals surface area contributed by atoms with Crippen molar-refractivity contribution in [3.8, 4) is 0 Å². The average molecular weight is 383 g/mol. The summed E-state index contributed by atoms with van der Waals surface area (Å²) in [5.74, 6) is -1.46. The molecule has 2 heterocycles. The molecule has 0 bridgehead atoms. The molecule has 0 spiro atoms. The number of ketones is 1. The lowest BCUT2D eigenvalue weighted by atomic mass is 10.1. The summed E-state index contributed by atoms with van der Waals surface area (Å²) < 4.78 is 4.73. The number of amides is 3. The van der Waals surface area contributed by atoms with Gasteiger partial charge in [-0.2, -0.15) is 0 Å². The van der Waals surface area contributed by atoms with Crippen molar-refractivity contribution in [3.05, 3.63) is 58.4 Å². The zero-order chi connectivity index (χ0) is 20.4. The standard InChI is InChI=1S/C20H21N3O5/c1-11-16(19(26)28-3)12(2)21-17(11)15(24)10-23-18(25)14(22-20(23)27)9-13-7-5-4-6-8-13/h4-8,14,21H,9-10H2,1-3H3,(H,22,27). The Morgan fingerprint density at radius 1 is 1.14 bits per heavy atom. The number of aryl methyl sites for hydroxylation is 1. The van der Waals surface area contributed by atoms with E-state index in [0.717, 1.165) is 10.5 Å². The highest BCUT2D eigenvalue weighted by Gasteiger charge is 2.39. The Morgan fingerprint density at radius 2 is 1.82 bits per heavy atom. The Kier molecular flexibility index (Phi) is 5.30. The third-order valence-electron chi connectivity index (χ3n) is 4.80. The topological polar surface area (TPSA) is 109 Å². The van der Waals surface area contributed by atoms with Crippen LogP contribution in [0.4, 0.5) is 4.79 Å². The number of hydrogen-bond donors (Lipinski definition) is 2. The highest BCUT2D eigenvalue weighted by molar-refractivity contribution is 6.10. The van der Waals surface area contributed by atoms with Gasteiger partial charge in [0, 0.05) is 12.1 Å². The molecule has 3 amide bonds. The highest BCUT2D eigenvalue weighted by atomic mass is 16.5. The first kappa shape index (κ1) is 19.3. The normalized spacial score (nSPS) is 16.2. The number of carbonyl (C=O) groups excluding carboxylic acids is 4. The molecule has 0 saturated carbocycles. The number of H-pyrrole nitrogens is 1. The van der Waals surface area contributed by atoms with Gasteiger partial charge in [-0.15, -0.1) is 0 Å².